The smallest absolute Gasteiger partial charge is 0.404 e. The van der Waals surface area contributed by atoms with Crippen LogP contribution in [0.15, 0.2) is 54.7 Å². The fraction of sp³-hybridized carbons (Fsp3) is 0.200. The number of hydrogen-bond acceptors (Lipinski definition) is 2. The van der Waals surface area contributed by atoms with Gasteiger partial charge in [0.25, 0.3) is 0 Å². The monoisotopic (exact) mass is 385 g/mol. The maximum absolute atomic E-state index is 12.7. The lowest BCUT2D eigenvalue weighted by molar-refractivity contribution is -0.124. The van der Waals surface area contributed by atoms with Gasteiger partial charge in [-0.05, 0) is 35.7 Å². The van der Waals surface area contributed by atoms with E-state index in [9.17, 15) is 9.59 Å². The lowest BCUT2D eigenvalue weighted by Crippen LogP contribution is -2.39. The zero-order valence-electron chi connectivity index (χ0n) is 14.5. The molecule has 140 valence electrons. The Morgan fingerprint density at radius 3 is 2.56 bits per heavy atom. The molecule has 27 heavy (non-hydrogen) atoms. The number of nitrogens with one attached hydrogen (secondary N) is 3. The van der Waals surface area contributed by atoms with Gasteiger partial charge in [0.15, 0.2) is 0 Å². The Bertz CT molecular complexity index is 937. The van der Waals surface area contributed by atoms with Gasteiger partial charge in [0.2, 0.25) is 5.91 Å². The van der Waals surface area contributed by atoms with Crippen LogP contribution < -0.4 is 10.6 Å². The topological polar surface area (TPSA) is 94.2 Å². The van der Waals surface area contributed by atoms with Crippen molar-refractivity contribution in [1.29, 1.82) is 0 Å². The van der Waals surface area contributed by atoms with Crippen molar-refractivity contribution in [3.05, 3.63) is 70.9 Å². The van der Waals surface area contributed by atoms with Crippen molar-refractivity contribution >= 4 is 34.5 Å². The minimum absolute atomic E-state index is 0.0429. The minimum atomic E-state index is -1.15. The van der Waals surface area contributed by atoms with Gasteiger partial charge in [-0.15, -0.1) is 0 Å². The number of carboxylic acid groups (broad SMARTS) is 1. The van der Waals surface area contributed by atoms with E-state index in [2.05, 4.69) is 15.6 Å². The number of carbonyl (C=O) groups is 2. The maximum atomic E-state index is 12.7. The van der Waals surface area contributed by atoms with Crippen LogP contribution in [0.3, 0.4) is 0 Å². The van der Waals surface area contributed by atoms with Gasteiger partial charge < -0.3 is 20.7 Å². The number of H-pyrrole nitrogens is 1. The molecule has 0 radical (unpaired) electrons. The Balaban J connectivity index is 1.70. The molecule has 0 saturated carbocycles. The largest absolute Gasteiger partial charge is 0.465 e. The van der Waals surface area contributed by atoms with Crippen LogP contribution in [0.1, 0.15) is 11.1 Å². The molecule has 0 aliphatic carbocycles. The number of halogens is 1. The van der Waals surface area contributed by atoms with E-state index in [1.54, 1.807) is 12.1 Å². The second-order valence-electron chi connectivity index (χ2n) is 6.29. The van der Waals surface area contributed by atoms with Crippen molar-refractivity contribution in [2.24, 2.45) is 5.92 Å². The standard InChI is InChI=1S/C20H20ClN3O3/c21-16-7-5-13(6-8-16)10-23-19(25)15(12-24-20(26)27)9-14-11-22-18-4-2-1-3-17(14)18/h1-8,11,15,22,24H,9-10,12H2,(H,23,25)(H,26,27)/t15-/m0/s1. The summed E-state index contributed by atoms with van der Waals surface area (Å²) in [5.41, 5.74) is 2.88. The van der Waals surface area contributed by atoms with E-state index in [0.29, 0.717) is 18.0 Å². The highest BCUT2D eigenvalue weighted by Crippen LogP contribution is 2.21. The van der Waals surface area contributed by atoms with E-state index in [-0.39, 0.29) is 12.5 Å². The second kappa shape index (κ2) is 8.60. The van der Waals surface area contributed by atoms with Crippen molar-refractivity contribution in [1.82, 2.24) is 15.6 Å². The van der Waals surface area contributed by atoms with Crippen molar-refractivity contribution in [3.63, 3.8) is 0 Å². The predicted octanol–water partition coefficient (Wildman–Crippen LogP) is 3.56. The van der Waals surface area contributed by atoms with Crippen molar-refractivity contribution in [3.8, 4) is 0 Å². The van der Waals surface area contributed by atoms with E-state index < -0.39 is 12.0 Å². The summed E-state index contributed by atoms with van der Waals surface area (Å²) in [4.78, 5) is 26.7. The lowest BCUT2D eigenvalue weighted by Gasteiger charge is -2.16. The molecule has 0 bridgehead atoms. The number of aromatic amines is 1. The van der Waals surface area contributed by atoms with Crippen molar-refractivity contribution in [2.45, 2.75) is 13.0 Å². The van der Waals surface area contributed by atoms with Crippen LogP contribution in [0, 0.1) is 5.92 Å². The molecule has 7 heteroatoms. The molecule has 0 unspecified atom stereocenters. The minimum Gasteiger partial charge on any atom is -0.465 e. The highest BCUT2D eigenvalue weighted by atomic mass is 35.5. The van der Waals surface area contributed by atoms with Gasteiger partial charge in [0.1, 0.15) is 0 Å². The summed E-state index contributed by atoms with van der Waals surface area (Å²) in [7, 11) is 0. The van der Waals surface area contributed by atoms with Crippen LogP contribution >= 0.6 is 11.6 Å². The summed E-state index contributed by atoms with van der Waals surface area (Å²) in [6.07, 6.45) is 1.14. The van der Waals surface area contributed by atoms with Crippen LogP contribution in [-0.4, -0.2) is 28.6 Å². The molecule has 3 rings (SSSR count). The summed E-state index contributed by atoms with van der Waals surface area (Å²) in [5, 5.41) is 15.8. The first-order valence-electron chi connectivity index (χ1n) is 8.57. The Morgan fingerprint density at radius 1 is 1.07 bits per heavy atom. The Hall–Kier alpha value is -2.99. The number of aromatic nitrogens is 1. The number of para-hydroxylation sites is 1. The SMILES string of the molecule is O=C(O)NC[C@H](Cc1c[nH]c2ccccc12)C(=O)NCc1ccc(Cl)cc1. The van der Waals surface area contributed by atoms with Crippen molar-refractivity contribution in [2.75, 3.05) is 6.54 Å². The van der Waals surface area contributed by atoms with Crippen LogP contribution in [0.2, 0.25) is 5.02 Å². The number of carbonyl (C=O) groups excluding carboxylic acids is 1. The molecule has 0 spiro atoms. The molecule has 2 amide bonds. The molecule has 3 aromatic rings. The molecule has 4 N–H and O–H groups in total. The fourth-order valence-electron chi connectivity index (χ4n) is 2.97. The number of hydrogen-bond donors (Lipinski definition) is 4. The van der Waals surface area contributed by atoms with E-state index in [0.717, 1.165) is 22.0 Å². The molecule has 0 fully saturated rings. The third-order valence-electron chi connectivity index (χ3n) is 4.39. The molecule has 1 atom stereocenters. The Morgan fingerprint density at radius 2 is 1.81 bits per heavy atom. The van der Waals surface area contributed by atoms with E-state index in [1.807, 2.05) is 42.6 Å². The van der Waals surface area contributed by atoms with Gasteiger partial charge in [0, 0.05) is 35.2 Å². The van der Waals surface area contributed by atoms with E-state index >= 15 is 0 Å². The van der Waals surface area contributed by atoms with E-state index in [1.165, 1.54) is 0 Å². The molecule has 1 aromatic heterocycles. The third-order valence-corrected chi connectivity index (χ3v) is 4.64. The molecule has 0 aliphatic heterocycles. The molecular weight excluding hydrogens is 366 g/mol. The second-order valence-corrected chi connectivity index (χ2v) is 6.73. The summed E-state index contributed by atoms with van der Waals surface area (Å²) >= 11 is 5.87. The lowest BCUT2D eigenvalue weighted by atomic mass is 9.97. The van der Waals surface area contributed by atoms with Gasteiger partial charge in [-0.1, -0.05) is 41.9 Å². The molecule has 1 heterocycles. The maximum Gasteiger partial charge on any atom is 0.404 e. The van der Waals surface area contributed by atoms with Crippen LogP contribution in [-0.2, 0) is 17.8 Å². The molecular formula is C20H20ClN3O3. The summed E-state index contributed by atoms with van der Waals surface area (Å²) in [6, 6.07) is 15.0. The first kappa shape index (κ1) is 18.8. The summed E-state index contributed by atoms with van der Waals surface area (Å²) < 4.78 is 0. The summed E-state index contributed by atoms with van der Waals surface area (Å²) in [5.74, 6) is -0.725. The zero-order chi connectivity index (χ0) is 19.2. The summed E-state index contributed by atoms with van der Waals surface area (Å²) in [6.45, 7) is 0.398. The highest BCUT2D eigenvalue weighted by Gasteiger charge is 2.21. The van der Waals surface area contributed by atoms with Crippen LogP contribution in [0.25, 0.3) is 10.9 Å². The highest BCUT2D eigenvalue weighted by molar-refractivity contribution is 6.30. The van der Waals surface area contributed by atoms with Gasteiger partial charge in [-0.25, -0.2) is 4.79 Å². The normalized spacial score (nSPS) is 11.9. The molecule has 6 nitrogen and oxygen atoms in total. The quantitative estimate of drug-likeness (QED) is 0.501. The van der Waals surface area contributed by atoms with Crippen molar-refractivity contribution < 1.29 is 14.7 Å². The van der Waals surface area contributed by atoms with Crippen LogP contribution in [0.4, 0.5) is 4.79 Å². The number of amides is 2. The van der Waals surface area contributed by atoms with Gasteiger partial charge in [-0.2, -0.15) is 0 Å². The molecule has 2 aromatic carbocycles. The van der Waals surface area contributed by atoms with E-state index in [4.69, 9.17) is 16.7 Å². The average Bonchev–Trinajstić information content (AvgIpc) is 3.07. The molecule has 0 aliphatic rings. The van der Waals surface area contributed by atoms with Crippen LogP contribution in [0.5, 0.6) is 0 Å². The Labute approximate surface area is 161 Å². The van der Waals surface area contributed by atoms with Gasteiger partial charge in [0.05, 0.1) is 5.92 Å². The third kappa shape index (κ3) is 5.01. The first-order chi connectivity index (χ1) is 13.0. The number of fused-ring (bicyclic) bond motifs is 1. The zero-order valence-corrected chi connectivity index (χ0v) is 15.3. The Kier molecular flexibility index (Phi) is 5.98. The molecule has 0 saturated heterocycles. The fourth-order valence-corrected chi connectivity index (χ4v) is 3.10. The predicted molar refractivity (Wildman–Crippen MR) is 105 cm³/mol. The first-order valence-corrected chi connectivity index (χ1v) is 8.94. The van der Waals surface area contributed by atoms with Gasteiger partial charge >= 0.3 is 6.09 Å². The number of benzene rings is 2. The number of rotatable bonds is 7. The average molecular weight is 386 g/mol. The van der Waals surface area contributed by atoms with Gasteiger partial charge in [-0.3, -0.25) is 4.79 Å².